The summed E-state index contributed by atoms with van der Waals surface area (Å²) in [6.07, 6.45) is 6.11. The maximum absolute atomic E-state index is 8.90. The molecule has 5 N–H and O–H groups in total. The molecule has 1 aliphatic rings. The Balaban J connectivity index is 2.22. The third-order valence-electron chi connectivity index (χ3n) is 3.36. The largest absolute Gasteiger partial charge is 0.394 e. The van der Waals surface area contributed by atoms with Crippen LogP contribution in [0.2, 0.25) is 0 Å². The van der Waals surface area contributed by atoms with Crippen LogP contribution in [0.1, 0.15) is 43.7 Å². The molecular weight excluding hydrogens is 204 g/mol. The van der Waals surface area contributed by atoms with Crippen molar-refractivity contribution in [2.24, 2.45) is 0 Å². The first kappa shape index (κ1) is 11.3. The van der Waals surface area contributed by atoms with E-state index in [9.17, 15) is 0 Å². The van der Waals surface area contributed by atoms with E-state index in [1.807, 2.05) is 0 Å². The molecule has 0 spiro atoms. The van der Waals surface area contributed by atoms with Gasteiger partial charge >= 0.3 is 0 Å². The van der Waals surface area contributed by atoms with E-state index in [4.69, 9.17) is 16.6 Å². The Morgan fingerprint density at radius 3 is 2.56 bits per heavy atom. The van der Waals surface area contributed by atoms with Crippen LogP contribution in [0.5, 0.6) is 0 Å². The zero-order valence-electron chi connectivity index (χ0n) is 9.52. The zero-order valence-corrected chi connectivity index (χ0v) is 9.52. The summed E-state index contributed by atoms with van der Waals surface area (Å²) >= 11 is 0. The molecule has 1 saturated carbocycles. The van der Waals surface area contributed by atoms with E-state index in [-0.39, 0.29) is 6.61 Å². The molecule has 5 heteroatoms. The molecular formula is C11H20N4O. The summed E-state index contributed by atoms with van der Waals surface area (Å²) < 4.78 is 1.61. The van der Waals surface area contributed by atoms with Gasteiger partial charge in [0.1, 0.15) is 5.82 Å². The summed E-state index contributed by atoms with van der Waals surface area (Å²) in [5, 5.41) is 13.3. The Kier molecular flexibility index (Phi) is 3.33. The highest BCUT2D eigenvalue weighted by Gasteiger charge is 2.23. The average molecular weight is 224 g/mol. The summed E-state index contributed by atoms with van der Waals surface area (Å²) in [6.45, 7) is 0.457. The van der Waals surface area contributed by atoms with Gasteiger partial charge in [-0.3, -0.25) is 0 Å². The van der Waals surface area contributed by atoms with Crippen molar-refractivity contribution in [1.82, 2.24) is 9.78 Å². The molecule has 1 aromatic heterocycles. The summed E-state index contributed by atoms with van der Waals surface area (Å²) in [7, 11) is 0. The second-order valence-corrected chi connectivity index (χ2v) is 4.47. The van der Waals surface area contributed by atoms with Crippen molar-refractivity contribution < 1.29 is 5.11 Å². The highest BCUT2D eigenvalue weighted by molar-refractivity contribution is 5.63. The van der Waals surface area contributed by atoms with E-state index in [1.165, 1.54) is 19.3 Å². The molecule has 0 unspecified atom stereocenters. The highest BCUT2D eigenvalue weighted by atomic mass is 16.3. The van der Waals surface area contributed by atoms with E-state index >= 15 is 0 Å². The predicted octanol–water partition coefficient (Wildman–Crippen LogP) is 1.09. The van der Waals surface area contributed by atoms with Crippen LogP contribution in [0.25, 0.3) is 0 Å². The number of nitrogens with zero attached hydrogens (tertiary/aromatic N) is 2. The van der Waals surface area contributed by atoms with E-state index < -0.39 is 0 Å². The highest BCUT2D eigenvalue weighted by Crippen LogP contribution is 2.36. The Morgan fingerprint density at radius 2 is 1.94 bits per heavy atom. The van der Waals surface area contributed by atoms with Crippen LogP contribution in [0.3, 0.4) is 0 Å². The summed E-state index contributed by atoms with van der Waals surface area (Å²) in [5.41, 5.74) is 13.4. The lowest BCUT2D eigenvalue weighted by Crippen LogP contribution is -2.09. The minimum atomic E-state index is 0.0371. The molecule has 90 valence electrons. The molecule has 0 aliphatic heterocycles. The molecule has 0 radical (unpaired) electrons. The maximum Gasteiger partial charge on any atom is 0.145 e. The second kappa shape index (κ2) is 4.74. The Bertz CT molecular complexity index is 355. The fourth-order valence-electron chi connectivity index (χ4n) is 2.45. The minimum Gasteiger partial charge on any atom is -0.394 e. The van der Waals surface area contributed by atoms with E-state index in [0.29, 0.717) is 24.0 Å². The molecule has 0 amide bonds. The number of aromatic nitrogens is 2. The molecule has 0 saturated heterocycles. The van der Waals surface area contributed by atoms with Crippen molar-refractivity contribution in [3.63, 3.8) is 0 Å². The third kappa shape index (κ3) is 2.00. The van der Waals surface area contributed by atoms with Gasteiger partial charge in [-0.1, -0.05) is 19.3 Å². The van der Waals surface area contributed by atoms with Gasteiger partial charge in [0.05, 0.1) is 24.5 Å². The van der Waals surface area contributed by atoms with Gasteiger partial charge in [-0.05, 0) is 12.8 Å². The minimum absolute atomic E-state index is 0.0371. The smallest absolute Gasteiger partial charge is 0.145 e. The molecule has 0 atom stereocenters. The normalized spacial score (nSPS) is 17.8. The molecule has 1 aromatic rings. The zero-order chi connectivity index (χ0) is 11.5. The molecule has 1 fully saturated rings. The molecule has 1 aliphatic carbocycles. The first-order valence-electron chi connectivity index (χ1n) is 5.96. The van der Waals surface area contributed by atoms with E-state index in [2.05, 4.69) is 5.10 Å². The Labute approximate surface area is 95.4 Å². The first-order valence-corrected chi connectivity index (χ1v) is 5.96. The van der Waals surface area contributed by atoms with Gasteiger partial charge in [0.2, 0.25) is 0 Å². The molecule has 1 heterocycles. The van der Waals surface area contributed by atoms with Crippen LogP contribution < -0.4 is 11.5 Å². The Hall–Kier alpha value is -1.23. The van der Waals surface area contributed by atoms with Gasteiger partial charge in [0.15, 0.2) is 0 Å². The SMILES string of the molecule is Nc1c(C2CCCCC2)nn(CCO)c1N. The van der Waals surface area contributed by atoms with Crippen molar-refractivity contribution >= 4 is 11.5 Å². The van der Waals surface area contributed by atoms with Gasteiger partial charge in [-0.25, -0.2) is 4.68 Å². The van der Waals surface area contributed by atoms with Gasteiger partial charge in [0, 0.05) is 5.92 Å². The average Bonchev–Trinajstić information content (AvgIpc) is 2.59. The lowest BCUT2D eigenvalue weighted by atomic mass is 9.86. The molecule has 2 rings (SSSR count). The number of hydrogen-bond donors (Lipinski definition) is 3. The maximum atomic E-state index is 8.90. The van der Waals surface area contributed by atoms with Crippen LogP contribution in [0, 0.1) is 0 Å². The number of nitrogens with two attached hydrogens (primary N) is 2. The van der Waals surface area contributed by atoms with Crippen LogP contribution in [0.4, 0.5) is 11.5 Å². The first-order chi connectivity index (χ1) is 7.74. The quantitative estimate of drug-likeness (QED) is 0.716. The Morgan fingerprint density at radius 1 is 1.25 bits per heavy atom. The molecule has 16 heavy (non-hydrogen) atoms. The van der Waals surface area contributed by atoms with Crippen LogP contribution in [0.15, 0.2) is 0 Å². The number of nitrogen functional groups attached to an aromatic ring is 2. The second-order valence-electron chi connectivity index (χ2n) is 4.47. The van der Waals surface area contributed by atoms with Crippen molar-refractivity contribution in [2.75, 3.05) is 18.1 Å². The number of aliphatic hydroxyl groups excluding tert-OH is 1. The summed E-state index contributed by atoms with van der Waals surface area (Å²) in [4.78, 5) is 0. The van der Waals surface area contributed by atoms with Crippen LogP contribution in [-0.2, 0) is 6.54 Å². The number of aliphatic hydroxyl groups is 1. The third-order valence-corrected chi connectivity index (χ3v) is 3.36. The van der Waals surface area contributed by atoms with Gasteiger partial charge in [-0.2, -0.15) is 5.10 Å². The number of rotatable bonds is 3. The number of anilines is 2. The fraction of sp³-hybridized carbons (Fsp3) is 0.727. The van der Waals surface area contributed by atoms with Gasteiger partial charge < -0.3 is 16.6 Å². The van der Waals surface area contributed by atoms with E-state index in [1.54, 1.807) is 4.68 Å². The lowest BCUT2D eigenvalue weighted by Gasteiger charge is -2.19. The lowest BCUT2D eigenvalue weighted by molar-refractivity contribution is 0.269. The van der Waals surface area contributed by atoms with Crippen LogP contribution in [-0.4, -0.2) is 21.5 Å². The van der Waals surface area contributed by atoms with Crippen LogP contribution >= 0.6 is 0 Å². The van der Waals surface area contributed by atoms with Crippen molar-refractivity contribution in [2.45, 2.75) is 44.6 Å². The molecule has 0 bridgehead atoms. The standard InChI is InChI=1S/C11H20N4O/c12-9-10(8-4-2-1-3-5-8)14-15(6-7-16)11(9)13/h8,16H,1-7,12-13H2. The molecule has 0 aromatic carbocycles. The van der Waals surface area contributed by atoms with Crippen molar-refractivity contribution in [3.05, 3.63) is 5.69 Å². The monoisotopic (exact) mass is 224 g/mol. The van der Waals surface area contributed by atoms with Gasteiger partial charge in [-0.15, -0.1) is 0 Å². The molecule has 5 nitrogen and oxygen atoms in total. The van der Waals surface area contributed by atoms with Crippen molar-refractivity contribution in [1.29, 1.82) is 0 Å². The predicted molar refractivity (Wildman–Crippen MR) is 64.0 cm³/mol. The number of hydrogen-bond acceptors (Lipinski definition) is 4. The topological polar surface area (TPSA) is 90.1 Å². The summed E-state index contributed by atoms with van der Waals surface area (Å²) in [6, 6.07) is 0. The fourth-order valence-corrected chi connectivity index (χ4v) is 2.45. The van der Waals surface area contributed by atoms with Crippen molar-refractivity contribution in [3.8, 4) is 0 Å². The van der Waals surface area contributed by atoms with Gasteiger partial charge in [0.25, 0.3) is 0 Å². The summed E-state index contributed by atoms with van der Waals surface area (Å²) in [5.74, 6) is 0.950. The van der Waals surface area contributed by atoms with E-state index in [0.717, 1.165) is 18.5 Å².